The Balaban J connectivity index is 2.47. The first-order valence-corrected chi connectivity index (χ1v) is 6.21. The Hall–Kier alpha value is -2.09. The Labute approximate surface area is 112 Å². The van der Waals surface area contributed by atoms with Crippen LogP contribution >= 0.6 is 11.8 Å². The van der Waals surface area contributed by atoms with E-state index in [1.165, 1.54) is 6.92 Å². The summed E-state index contributed by atoms with van der Waals surface area (Å²) < 4.78 is 0. The van der Waals surface area contributed by atoms with Gasteiger partial charge in [0.2, 0.25) is 0 Å². The number of hydrogen-bond donors (Lipinski definition) is 3. The number of phenols is 2. The zero-order chi connectivity index (χ0) is 14.2. The van der Waals surface area contributed by atoms with Crippen LogP contribution in [-0.4, -0.2) is 37.6 Å². The Bertz CT molecular complexity index is 601. The second kappa shape index (κ2) is 4.54. The molecule has 0 spiro atoms. The van der Waals surface area contributed by atoms with Gasteiger partial charge >= 0.3 is 5.97 Å². The second-order valence-corrected chi connectivity index (χ2v) is 5.20. The number of carboxylic acid groups (broad SMARTS) is 1. The van der Waals surface area contributed by atoms with E-state index in [0.29, 0.717) is 5.04 Å². The Kier molecular flexibility index (Phi) is 3.19. The van der Waals surface area contributed by atoms with E-state index in [9.17, 15) is 19.9 Å². The molecule has 0 fully saturated rings. The number of nitrogens with zero attached hydrogens (tertiary/aromatic N) is 2. The van der Waals surface area contributed by atoms with Gasteiger partial charge in [-0.15, -0.1) is 16.7 Å². The monoisotopic (exact) mass is 282 g/mol. The van der Waals surface area contributed by atoms with E-state index in [-0.39, 0.29) is 22.8 Å². The number of aromatic hydroxyl groups is 2. The van der Waals surface area contributed by atoms with Crippen LogP contribution in [0.5, 0.6) is 11.5 Å². The van der Waals surface area contributed by atoms with Gasteiger partial charge in [0.1, 0.15) is 16.5 Å². The maximum Gasteiger partial charge on any atom is 0.332 e. The number of aliphatic carboxylic acids is 1. The molecule has 1 aromatic carbocycles. The molecule has 0 amide bonds. The number of thioether (sulfide) groups is 1. The number of carbonyl (C=O) groups is 1. The third kappa shape index (κ3) is 2.26. The van der Waals surface area contributed by atoms with E-state index in [1.807, 2.05) is 0 Å². The Morgan fingerprint density at radius 1 is 1.42 bits per heavy atom. The van der Waals surface area contributed by atoms with Crippen LogP contribution in [0.4, 0.5) is 5.69 Å². The van der Waals surface area contributed by atoms with Gasteiger partial charge in [-0.05, 0) is 18.2 Å². The van der Waals surface area contributed by atoms with Crippen molar-refractivity contribution in [1.82, 2.24) is 0 Å². The fourth-order valence-electron chi connectivity index (χ4n) is 1.56. The van der Waals surface area contributed by atoms with Crippen molar-refractivity contribution in [2.75, 3.05) is 5.75 Å². The summed E-state index contributed by atoms with van der Waals surface area (Å²) >= 11 is 1.16. The lowest BCUT2D eigenvalue weighted by Gasteiger charge is -2.11. The highest BCUT2D eigenvalue weighted by molar-refractivity contribution is 8.14. The molecule has 0 radical (unpaired) electrons. The minimum atomic E-state index is -1.26. The summed E-state index contributed by atoms with van der Waals surface area (Å²) in [5, 5.41) is 31.2. The molecule has 1 aliphatic rings. The smallest absolute Gasteiger partial charge is 0.332 e. The first kappa shape index (κ1) is 13.3. The molecule has 1 aromatic rings. The molecule has 1 heterocycles. The van der Waals surface area contributed by atoms with E-state index in [4.69, 9.17) is 5.11 Å². The zero-order valence-corrected chi connectivity index (χ0v) is 10.6. The summed E-state index contributed by atoms with van der Waals surface area (Å²) in [6, 6.07) is 2.16. The molecule has 0 aliphatic carbocycles. The molecule has 1 aliphatic heterocycles. The van der Waals surface area contributed by atoms with E-state index in [1.54, 1.807) is 0 Å². The van der Waals surface area contributed by atoms with Gasteiger partial charge < -0.3 is 15.3 Å². The molecule has 7 nitrogen and oxygen atoms in total. The predicted octanol–water partition coefficient (Wildman–Crippen LogP) is 1.83. The Morgan fingerprint density at radius 2 is 2.11 bits per heavy atom. The van der Waals surface area contributed by atoms with E-state index in [0.717, 1.165) is 23.9 Å². The van der Waals surface area contributed by atoms with Crippen LogP contribution < -0.4 is 0 Å². The molecule has 0 saturated heterocycles. The fourth-order valence-corrected chi connectivity index (χ4v) is 2.75. The maximum atomic E-state index is 11.1. The topological polar surface area (TPSA) is 120 Å². The summed E-state index contributed by atoms with van der Waals surface area (Å²) in [6.45, 7) is 1.47. The van der Waals surface area contributed by atoms with Crippen molar-refractivity contribution >= 4 is 28.5 Å². The second-order valence-electron chi connectivity index (χ2n) is 4.23. The maximum absolute atomic E-state index is 11.1. The summed E-state index contributed by atoms with van der Waals surface area (Å²) in [7, 11) is 0. The predicted molar refractivity (Wildman–Crippen MR) is 70.3 cm³/mol. The number of nitroso groups, excluding NO2 is 1. The first-order valence-electron chi connectivity index (χ1n) is 5.23. The van der Waals surface area contributed by atoms with Gasteiger partial charge in [-0.3, -0.25) is 4.99 Å². The summed E-state index contributed by atoms with van der Waals surface area (Å²) in [5.41, 5.74) is -1.37. The SMILES string of the molecule is C[C@]1(C(=O)O)CSC(c2cc(O)c(N=O)cc2O)=N1. The normalized spacial score (nSPS) is 22.1. The third-order valence-electron chi connectivity index (χ3n) is 2.72. The van der Waals surface area contributed by atoms with Crippen LogP contribution in [0.15, 0.2) is 22.3 Å². The molecule has 3 N–H and O–H groups in total. The lowest BCUT2D eigenvalue weighted by molar-refractivity contribution is -0.141. The number of phenolic OH excluding ortho intramolecular Hbond substituents is 2. The van der Waals surface area contributed by atoms with Gasteiger partial charge in [0.05, 0.1) is 5.56 Å². The van der Waals surface area contributed by atoms with Crippen LogP contribution in [0.3, 0.4) is 0 Å². The lowest BCUT2D eigenvalue weighted by Crippen LogP contribution is -2.33. The van der Waals surface area contributed by atoms with Crippen molar-refractivity contribution in [1.29, 1.82) is 0 Å². The zero-order valence-electron chi connectivity index (χ0n) is 9.82. The minimum Gasteiger partial charge on any atom is -0.507 e. The van der Waals surface area contributed by atoms with E-state index >= 15 is 0 Å². The van der Waals surface area contributed by atoms with Crippen LogP contribution in [-0.2, 0) is 4.79 Å². The van der Waals surface area contributed by atoms with Crippen LogP contribution in [0, 0.1) is 4.91 Å². The molecule has 0 bridgehead atoms. The van der Waals surface area contributed by atoms with E-state index in [2.05, 4.69) is 10.2 Å². The van der Waals surface area contributed by atoms with Gasteiger partial charge in [-0.1, -0.05) is 0 Å². The average molecular weight is 282 g/mol. The molecule has 0 unspecified atom stereocenters. The van der Waals surface area contributed by atoms with Gasteiger partial charge in [-0.25, -0.2) is 4.79 Å². The molecular formula is C11H10N2O5S. The molecule has 2 rings (SSSR count). The third-order valence-corrected chi connectivity index (χ3v) is 4.01. The average Bonchev–Trinajstić information content (AvgIpc) is 2.75. The van der Waals surface area contributed by atoms with Crippen molar-refractivity contribution in [3.63, 3.8) is 0 Å². The van der Waals surface area contributed by atoms with Crippen molar-refractivity contribution in [3.05, 3.63) is 22.6 Å². The number of benzene rings is 1. The number of aliphatic imine (C=N–C) groups is 1. The highest BCUT2D eigenvalue weighted by Crippen LogP contribution is 2.39. The van der Waals surface area contributed by atoms with E-state index < -0.39 is 17.3 Å². The molecule has 8 heteroatoms. The molecular weight excluding hydrogens is 272 g/mol. The molecule has 1 atom stereocenters. The fraction of sp³-hybridized carbons (Fsp3) is 0.273. The highest BCUT2D eigenvalue weighted by Gasteiger charge is 2.39. The van der Waals surface area contributed by atoms with Gasteiger partial charge in [0, 0.05) is 11.8 Å². The van der Waals surface area contributed by atoms with Crippen molar-refractivity contribution in [2.45, 2.75) is 12.5 Å². The van der Waals surface area contributed by atoms with Crippen molar-refractivity contribution < 1.29 is 20.1 Å². The lowest BCUT2D eigenvalue weighted by atomic mass is 10.1. The Morgan fingerprint density at radius 3 is 2.63 bits per heavy atom. The number of rotatable bonds is 3. The molecule has 0 aromatic heterocycles. The first-order chi connectivity index (χ1) is 8.87. The van der Waals surface area contributed by atoms with Gasteiger partial charge in [0.15, 0.2) is 11.2 Å². The molecule has 100 valence electrons. The van der Waals surface area contributed by atoms with Gasteiger partial charge in [0.25, 0.3) is 0 Å². The quantitative estimate of drug-likeness (QED) is 0.574. The van der Waals surface area contributed by atoms with Crippen molar-refractivity contribution in [3.8, 4) is 11.5 Å². The number of carboxylic acids is 1. The van der Waals surface area contributed by atoms with Crippen LogP contribution in [0.2, 0.25) is 0 Å². The minimum absolute atomic E-state index is 0.180. The van der Waals surface area contributed by atoms with Crippen LogP contribution in [0.25, 0.3) is 0 Å². The molecule has 0 saturated carbocycles. The standard InChI is InChI=1S/C11H10N2O5S/c1-11(10(16)17)4-19-9(12-11)5-2-8(15)6(13-18)3-7(5)14/h2-3,14-15H,4H2,1H3,(H,16,17)/t11-/m1/s1. The number of hydrogen-bond acceptors (Lipinski definition) is 7. The summed E-state index contributed by atoms with van der Waals surface area (Å²) in [6.07, 6.45) is 0. The highest BCUT2D eigenvalue weighted by atomic mass is 32.2. The van der Waals surface area contributed by atoms with Crippen molar-refractivity contribution in [2.24, 2.45) is 10.2 Å². The summed E-state index contributed by atoms with van der Waals surface area (Å²) in [4.78, 5) is 25.5. The molecule has 19 heavy (non-hydrogen) atoms. The summed E-state index contributed by atoms with van der Waals surface area (Å²) in [5.74, 6) is -1.51. The largest absolute Gasteiger partial charge is 0.507 e. The van der Waals surface area contributed by atoms with Gasteiger partial charge in [-0.2, -0.15) is 0 Å². The van der Waals surface area contributed by atoms with Crippen LogP contribution in [0.1, 0.15) is 12.5 Å².